The summed E-state index contributed by atoms with van der Waals surface area (Å²) in [6.07, 6.45) is 2.82. The van der Waals surface area contributed by atoms with Crippen molar-refractivity contribution in [1.29, 1.82) is 0 Å². The fourth-order valence-electron chi connectivity index (χ4n) is 3.39. The first-order valence-corrected chi connectivity index (χ1v) is 15.3. The fraction of sp³-hybridized carbons (Fsp3) is 0.273. The first-order valence-electron chi connectivity index (χ1n) is 10.3. The molecule has 3 rings (SSSR count). The molecule has 35 heavy (non-hydrogen) atoms. The van der Waals surface area contributed by atoms with Gasteiger partial charge in [-0.2, -0.15) is 9.19 Å². The number of carboxylic acids is 1. The summed E-state index contributed by atoms with van der Waals surface area (Å²) < 4.78 is 37.1. The van der Waals surface area contributed by atoms with Gasteiger partial charge in [0.25, 0.3) is 10.0 Å². The van der Waals surface area contributed by atoms with Crippen molar-refractivity contribution in [2.45, 2.75) is 18.9 Å². The highest BCUT2D eigenvalue weighted by Crippen LogP contribution is 2.42. The standard InChI is InChI=1S/C22H24Cl2N3O6PS/c1-34(31,17-5-3-4-16(28)13-17)9-7-14-10-18(23)21(19(24)11-14)25-20(22(29)30)12-15-6-8-27(26-15)35(2,32)33/h3-6,8,10-11,13,20,25,28H,7,9,12H2,1-2H3,(H,29,30)/t20-,34?/m0/s1. The molecule has 0 aliphatic rings. The van der Waals surface area contributed by atoms with Crippen LogP contribution < -0.4 is 10.6 Å². The normalized spacial score (nSPS) is 14.3. The predicted molar refractivity (Wildman–Crippen MR) is 138 cm³/mol. The van der Waals surface area contributed by atoms with Gasteiger partial charge in [0.2, 0.25) is 0 Å². The van der Waals surface area contributed by atoms with Crippen LogP contribution in [0.3, 0.4) is 0 Å². The van der Waals surface area contributed by atoms with Crippen LogP contribution in [0, 0.1) is 0 Å². The molecule has 1 aromatic heterocycles. The van der Waals surface area contributed by atoms with Gasteiger partial charge in [0, 0.05) is 24.1 Å². The van der Waals surface area contributed by atoms with Crippen molar-refractivity contribution in [1.82, 2.24) is 9.19 Å². The van der Waals surface area contributed by atoms with E-state index in [2.05, 4.69) is 10.4 Å². The van der Waals surface area contributed by atoms with Gasteiger partial charge in [-0.15, -0.1) is 0 Å². The van der Waals surface area contributed by atoms with Crippen molar-refractivity contribution in [2.75, 3.05) is 24.4 Å². The number of benzene rings is 2. The Morgan fingerprint density at radius 2 is 1.86 bits per heavy atom. The number of phenolic OH excluding ortho intramolecular Hbond substituents is 1. The molecule has 9 nitrogen and oxygen atoms in total. The van der Waals surface area contributed by atoms with Gasteiger partial charge in [-0.25, -0.2) is 13.2 Å². The van der Waals surface area contributed by atoms with E-state index in [4.69, 9.17) is 23.2 Å². The smallest absolute Gasteiger partial charge is 0.326 e. The van der Waals surface area contributed by atoms with Gasteiger partial charge >= 0.3 is 5.97 Å². The molecule has 0 radical (unpaired) electrons. The minimum atomic E-state index is -3.59. The van der Waals surface area contributed by atoms with E-state index in [0.29, 0.717) is 23.5 Å². The molecule has 0 saturated carbocycles. The number of nitrogens with zero attached hydrogens (tertiary/aromatic N) is 2. The largest absolute Gasteiger partial charge is 0.508 e. The lowest BCUT2D eigenvalue weighted by molar-refractivity contribution is -0.137. The predicted octanol–water partition coefficient (Wildman–Crippen LogP) is 3.67. The Morgan fingerprint density at radius 1 is 1.20 bits per heavy atom. The van der Waals surface area contributed by atoms with Crippen molar-refractivity contribution in [2.24, 2.45) is 0 Å². The number of anilines is 1. The van der Waals surface area contributed by atoms with Gasteiger partial charge in [0.1, 0.15) is 18.9 Å². The van der Waals surface area contributed by atoms with Gasteiger partial charge in [-0.1, -0.05) is 35.3 Å². The molecule has 3 aromatic rings. The zero-order valence-electron chi connectivity index (χ0n) is 18.9. The van der Waals surface area contributed by atoms with Gasteiger partial charge in [0.15, 0.2) is 0 Å². The van der Waals surface area contributed by atoms with Crippen LogP contribution in [0.25, 0.3) is 0 Å². The van der Waals surface area contributed by atoms with Crippen molar-refractivity contribution in [3.05, 3.63) is 70.0 Å². The lowest BCUT2D eigenvalue weighted by atomic mass is 10.1. The van der Waals surface area contributed by atoms with Crippen molar-refractivity contribution >= 4 is 57.3 Å². The highest BCUT2D eigenvalue weighted by molar-refractivity contribution is 7.89. The third-order valence-corrected chi connectivity index (χ3v) is 9.22. The minimum Gasteiger partial charge on any atom is -0.508 e. The molecule has 0 saturated heterocycles. The number of carbonyl (C=O) groups is 1. The molecule has 2 aromatic carbocycles. The second-order valence-corrected chi connectivity index (χ2v) is 14.0. The summed E-state index contributed by atoms with van der Waals surface area (Å²) in [5.41, 5.74) is 1.18. The van der Waals surface area contributed by atoms with Crippen LogP contribution in [-0.4, -0.2) is 58.9 Å². The van der Waals surface area contributed by atoms with E-state index in [-0.39, 0.29) is 33.6 Å². The third-order valence-electron chi connectivity index (χ3n) is 5.30. The van der Waals surface area contributed by atoms with Crippen LogP contribution >= 0.6 is 30.3 Å². The van der Waals surface area contributed by atoms with Crippen LogP contribution in [0.2, 0.25) is 10.0 Å². The SMILES string of the molecule is CP(=O)(CCc1cc(Cl)c(N[C@@H](Cc2ccn(S(C)(=O)=O)n2)C(=O)O)c(Cl)c1)c1cccc(O)c1. The zero-order valence-corrected chi connectivity index (χ0v) is 22.1. The van der Waals surface area contributed by atoms with Crippen molar-refractivity contribution in [3.63, 3.8) is 0 Å². The molecular formula is C22H24Cl2N3O6PS. The summed E-state index contributed by atoms with van der Waals surface area (Å²) in [6, 6.07) is 9.82. The number of carboxylic acid groups (broad SMARTS) is 1. The number of aromatic nitrogens is 2. The average Bonchev–Trinajstić information content (AvgIpc) is 3.23. The molecule has 2 atom stereocenters. The summed E-state index contributed by atoms with van der Waals surface area (Å²) in [4.78, 5) is 11.8. The van der Waals surface area contributed by atoms with Crippen LogP contribution in [0.5, 0.6) is 5.75 Å². The second-order valence-electron chi connectivity index (χ2n) is 8.21. The second kappa shape index (κ2) is 10.6. The maximum absolute atomic E-state index is 13.1. The Hall–Kier alpha value is -2.52. The molecule has 188 valence electrons. The van der Waals surface area contributed by atoms with Crippen LogP contribution in [0.1, 0.15) is 11.3 Å². The number of halogens is 2. The zero-order chi connectivity index (χ0) is 26.0. The summed E-state index contributed by atoms with van der Waals surface area (Å²) in [7, 11) is -6.34. The third kappa shape index (κ3) is 7.01. The molecule has 0 aliphatic carbocycles. The highest BCUT2D eigenvalue weighted by atomic mass is 35.5. The Kier molecular flexibility index (Phi) is 8.21. The van der Waals surface area contributed by atoms with Crippen LogP contribution in [0.4, 0.5) is 5.69 Å². The monoisotopic (exact) mass is 559 g/mol. The Bertz CT molecular complexity index is 1390. The lowest BCUT2D eigenvalue weighted by Gasteiger charge is -2.19. The molecule has 13 heteroatoms. The first-order chi connectivity index (χ1) is 16.3. The fourth-order valence-corrected chi connectivity index (χ4v) is 6.31. The Morgan fingerprint density at radius 3 is 2.40 bits per heavy atom. The number of nitrogens with one attached hydrogen (secondary N) is 1. The van der Waals surface area contributed by atoms with Gasteiger partial charge in [-0.3, -0.25) is 0 Å². The number of phenols is 1. The van der Waals surface area contributed by atoms with Crippen molar-refractivity contribution in [3.8, 4) is 5.75 Å². The van der Waals surface area contributed by atoms with E-state index >= 15 is 0 Å². The number of aryl methyl sites for hydroxylation is 1. The first kappa shape index (κ1) is 27.1. The number of aliphatic carboxylic acids is 1. The molecule has 0 amide bonds. The van der Waals surface area contributed by atoms with E-state index in [0.717, 1.165) is 10.3 Å². The number of hydrogen-bond donors (Lipinski definition) is 3. The van der Waals surface area contributed by atoms with E-state index in [9.17, 15) is 28.0 Å². The maximum Gasteiger partial charge on any atom is 0.326 e. The molecular weight excluding hydrogens is 536 g/mol. The van der Waals surface area contributed by atoms with E-state index in [1.54, 1.807) is 30.9 Å². The maximum atomic E-state index is 13.1. The molecule has 3 N–H and O–H groups in total. The van der Waals surface area contributed by atoms with Gasteiger partial charge < -0.3 is 20.1 Å². The summed E-state index contributed by atoms with van der Waals surface area (Å²) in [5, 5.41) is 27.0. The van der Waals surface area contributed by atoms with E-state index < -0.39 is 29.2 Å². The van der Waals surface area contributed by atoms with E-state index in [1.807, 2.05) is 0 Å². The summed E-state index contributed by atoms with van der Waals surface area (Å²) in [6.45, 7) is 1.64. The Labute approximate surface area is 213 Å². The summed E-state index contributed by atoms with van der Waals surface area (Å²) >= 11 is 12.8. The molecule has 0 spiro atoms. The molecule has 0 fully saturated rings. The van der Waals surface area contributed by atoms with Gasteiger partial charge in [0.05, 0.1) is 27.7 Å². The van der Waals surface area contributed by atoms with Crippen LogP contribution in [0.15, 0.2) is 48.7 Å². The average molecular weight is 560 g/mol. The number of hydrogen-bond acceptors (Lipinski definition) is 7. The van der Waals surface area contributed by atoms with Gasteiger partial charge in [-0.05, 0) is 49.0 Å². The number of aromatic hydroxyl groups is 1. The quantitative estimate of drug-likeness (QED) is 0.320. The summed E-state index contributed by atoms with van der Waals surface area (Å²) in [5.74, 6) is -1.16. The number of rotatable bonds is 10. The molecule has 0 aliphatic heterocycles. The molecule has 0 bridgehead atoms. The minimum absolute atomic E-state index is 0.0437. The lowest BCUT2D eigenvalue weighted by Crippen LogP contribution is -2.32. The Balaban J connectivity index is 1.75. The molecule has 1 heterocycles. The van der Waals surface area contributed by atoms with Crippen LogP contribution in [-0.2, 0) is 32.2 Å². The molecule has 1 unspecified atom stereocenters. The highest BCUT2D eigenvalue weighted by Gasteiger charge is 2.23. The van der Waals surface area contributed by atoms with E-state index in [1.165, 1.54) is 24.4 Å². The van der Waals surface area contributed by atoms with Crippen molar-refractivity contribution < 1.29 is 28.0 Å². The topological polar surface area (TPSA) is 139 Å².